The first-order valence-electron chi connectivity index (χ1n) is 5.02. The van der Waals surface area contributed by atoms with Gasteiger partial charge in [0.15, 0.2) is 0 Å². The maximum atomic E-state index is 11.5. The van der Waals surface area contributed by atoms with Crippen LogP contribution in [0.5, 0.6) is 0 Å². The Balaban J connectivity index is 2.56. The quantitative estimate of drug-likeness (QED) is 0.816. The molecule has 0 saturated heterocycles. The van der Waals surface area contributed by atoms with E-state index in [4.69, 9.17) is 5.73 Å². The molecule has 0 bridgehead atoms. The van der Waals surface area contributed by atoms with Gasteiger partial charge in [0, 0.05) is 11.1 Å². The third kappa shape index (κ3) is 3.28. The fraction of sp³-hybridized carbons (Fsp3) is 0.600. The molecule has 1 aromatic heterocycles. The van der Waals surface area contributed by atoms with Gasteiger partial charge >= 0.3 is 0 Å². The second kappa shape index (κ2) is 5.23. The van der Waals surface area contributed by atoms with Crippen molar-refractivity contribution in [2.75, 3.05) is 0 Å². The molecule has 4 nitrogen and oxygen atoms in total. The first-order valence-corrected chi connectivity index (χ1v) is 5.90. The first kappa shape index (κ1) is 12.1. The lowest BCUT2D eigenvalue weighted by molar-refractivity contribution is -0.123. The highest BCUT2D eigenvalue weighted by Crippen LogP contribution is 2.17. The molecule has 0 radical (unpaired) electrons. The van der Waals surface area contributed by atoms with Gasteiger partial charge in [-0.2, -0.15) is 0 Å². The molecule has 5 heteroatoms. The maximum absolute atomic E-state index is 11.5. The van der Waals surface area contributed by atoms with Gasteiger partial charge in [-0.3, -0.25) is 4.79 Å². The van der Waals surface area contributed by atoms with Crippen molar-refractivity contribution in [3.63, 3.8) is 0 Å². The third-order valence-corrected chi connectivity index (χ3v) is 3.29. The molecular weight excluding hydrogens is 210 g/mol. The molecule has 0 spiro atoms. The summed E-state index contributed by atoms with van der Waals surface area (Å²) in [5.41, 5.74) is 6.60. The fourth-order valence-corrected chi connectivity index (χ4v) is 1.94. The van der Waals surface area contributed by atoms with Crippen LogP contribution in [0.25, 0.3) is 0 Å². The molecule has 84 valence electrons. The van der Waals surface area contributed by atoms with Gasteiger partial charge in [0.1, 0.15) is 5.01 Å². The zero-order valence-electron chi connectivity index (χ0n) is 9.28. The fourth-order valence-electron chi connectivity index (χ4n) is 1.14. The zero-order chi connectivity index (χ0) is 11.4. The number of aryl methyl sites for hydroxylation is 1. The minimum Gasteiger partial charge on any atom is -0.346 e. The zero-order valence-corrected chi connectivity index (χ0v) is 10.1. The van der Waals surface area contributed by atoms with Gasteiger partial charge in [-0.05, 0) is 20.3 Å². The Hall–Kier alpha value is -0.940. The summed E-state index contributed by atoms with van der Waals surface area (Å²) in [5.74, 6) is -0.113. The van der Waals surface area contributed by atoms with Gasteiger partial charge in [0.25, 0.3) is 0 Å². The van der Waals surface area contributed by atoms with Crippen LogP contribution in [0, 0.1) is 6.92 Å². The van der Waals surface area contributed by atoms with Crippen molar-refractivity contribution in [1.82, 2.24) is 10.3 Å². The average Bonchev–Trinajstić information content (AvgIpc) is 2.63. The molecule has 0 aliphatic heterocycles. The predicted octanol–water partition coefficient (Wildman–Crippen LogP) is 1.37. The molecule has 2 atom stereocenters. The molecule has 0 saturated carbocycles. The Morgan fingerprint density at radius 2 is 2.40 bits per heavy atom. The van der Waals surface area contributed by atoms with Crippen LogP contribution >= 0.6 is 11.3 Å². The molecule has 1 heterocycles. The van der Waals surface area contributed by atoms with Gasteiger partial charge in [0.05, 0.1) is 12.1 Å². The van der Waals surface area contributed by atoms with E-state index in [9.17, 15) is 4.79 Å². The molecule has 0 aromatic carbocycles. The van der Waals surface area contributed by atoms with E-state index in [1.807, 2.05) is 26.2 Å². The topological polar surface area (TPSA) is 68.0 Å². The SMILES string of the molecule is CC[C@@H](N)C(=O)NC(C)c1nc(C)cs1. The lowest BCUT2D eigenvalue weighted by Crippen LogP contribution is -2.41. The van der Waals surface area contributed by atoms with E-state index in [1.54, 1.807) is 11.3 Å². The number of rotatable bonds is 4. The second-order valence-corrected chi connectivity index (χ2v) is 4.46. The van der Waals surface area contributed by atoms with E-state index in [2.05, 4.69) is 10.3 Å². The van der Waals surface area contributed by atoms with Gasteiger partial charge < -0.3 is 11.1 Å². The molecule has 1 amide bonds. The van der Waals surface area contributed by atoms with Crippen LogP contribution in [0.1, 0.15) is 37.0 Å². The highest BCUT2D eigenvalue weighted by Gasteiger charge is 2.16. The summed E-state index contributed by atoms with van der Waals surface area (Å²) >= 11 is 1.55. The van der Waals surface area contributed by atoms with Crippen LogP contribution in [0.3, 0.4) is 0 Å². The second-order valence-electron chi connectivity index (χ2n) is 3.57. The number of aromatic nitrogens is 1. The lowest BCUT2D eigenvalue weighted by atomic mass is 10.2. The van der Waals surface area contributed by atoms with Crippen LogP contribution in [0.2, 0.25) is 0 Å². The summed E-state index contributed by atoms with van der Waals surface area (Å²) in [4.78, 5) is 15.8. The van der Waals surface area contributed by atoms with Crippen molar-refractivity contribution in [2.45, 2.75) is 39.3 Å². The average molecular weight is 227 g/mol. The molecular formula is C10H17N3OS. The van der Waals surface area contributed by atoms with E-state index in [0.717, 1.165) is 10.7 Å². The molecule has 0 aliphatic carbocycles. The molecule has 15 heavy (non-hydrogen) atoms. The molecule has 1 aromatic rings. The van der Waals surface area contributed by atoms with Gasteiger partial charge in [0.2, 0.25) is 5.91 Å². The van der Waals surface area contributed by atoms with E-state index in [0.29, 0.717) is 6.42 Å². The number of nitrogens with zero attached hydrogens (tertiary/aromatic N) is 1. The highest BCUT2D eigenvalue weighted by atomic mass is 32.1. The van der Waals surface area contributed by atoms with Crippen LogP contribution in [0.15, 0.2) is 5.38 Å². The standard InChI is InChI=1S/C10H17N3OS/c1-4-8(11)9(14)13-7(3)10-12-6(2)5-15-10/h5,7-8H,4,11H2,1-3H3,(H,13,14)/t7?,8-/m1/s1. The number of carbonyl (C=O) groups excluding carboxylic acids is 1. The Labute approximate surface area is 93.9 Å². The normalized spacial score (nSPS) is 14.7. The number of hydrogen-bond acceptors (Lipinski definition) is 4. The smallest absolute Gasteiger partial charge is 0.237 e. The summed E-state index contributed by atoms with van der Waals surface area (Å²) in [6.07, 6.45) is 0.648. The monoisotopic (exact) mass is 227 g/mol. The molecule has 3 N–H and O–H groups in total. The van der Waals surface area contributed by atoms with Crippen molar-refractivity contribution in [3.05, 3.63) is 16.1 Å². The van der Waals surface area contributed by atoms with E-state index >= 15 is 0 Å². The molecule has 0 fully saturated rings. The number of carbonyl (C=O) groups is 1. The first-order chi connectivity index (χ1) is 7.04. The largest absolute Gasteiger partial charge is 0.346 e. The van der Waals surface area contributed by atoms with E-state index < -0.39 is 6.04 Å². The van der Waals surface area contributed by atoms with Crippen LogP contribution < -0.4 is 11.1 Å². The lowest BCUT2D eigenvalue weighted by Gasteiger charge is -2.14. The van der Waals surface area contributed by atoms with E-state index in [-0.39, 0.29) is 11.9 Å². The number of nitrogens with two attached hydrogens (primary N) is 1. The van der Waals surface area contributed by atoms with Crippen molar-refractivity contribution < 1.29 is 4.79 Å². The Morgan fingerprint density at radius 1 is 1.73 bits per heavy atom. The van der Waals surface area contributed by atoms with Gasteiger partial charge in [-0.15, -0.1) is 11.3 Å². The summed E-state index contributed by atoms with van der Waals surface area (Å²) < 4.78 is 0. The molecule has 1 rings (SSSR count). The van der Waals surface area contributed by atoms with Crippen LogP contribution in [-0.2, 0) is 4.79 Å². The van der Waals surface area contributed by atoms with Crippen molar-refractivity contribution in [2.24, 2.45) is 5.73 Å². The van der Waals surface area contributed by atoms with Crippen LogP contribution in [0.4, 0.5) is 0 Å². The van der Waals surface area contributed by atoms with Crippen LogP contribution in [-0.4, -0.2) is 16.9 Å². The number of nitrogens with one attached hydrogen (secondary N) is 1. The summed E-state index contributed by atoms with van der Waals surface area (Å²) in [6, 6.07) is -0.484. The predicted molar refractivity (Wildman–Crippen MR) is 61.7 cm³/mol. The Kier molecular flexibility index (Phi) is 4.23. The van der Waals surface area contributed by atoms with Gasteiger partial charge in [-0.25, -0.2) is 4.98 Å². The van der Waals surface area contributed by atoms with Crippen molar-refractivity contribution >= 4 is 17.2 Å². The minimum absolute atomic E-state index is 0.0613. The third-order valence-electron chi connectivity index (χ3n) is 2.14. The summed E-state index contributed by atoms with van der Waals surface area (Å²) in [7, 11) is 0. The summed E-state index contributed by atoms with van der Waals surface area (Å²) in [5, 5.41) is 5.73. The minimum atomic E-state index is -0.423. The highest BCUT2D eigenvalue weighted by molar-refractivity contribution is 7.09. The Morgan fingerprint density at radius 3 is 2.87 bits per heavy atom. The van der Waals surface area contributed by atoms with Crippen molar-refractivity contribution in [3.8, 4) is 0 Å². The number of hydrogen-bond donors (Lipinski definition) is 2. The maximum Gasteiger partial charge on any atom is 0.237 e. The summed E-state index contributed by atoms with van der Waals surface area (Å²) in [6.45, 7) is 5.74. The number of thiazole rings is 1. The Bertz CT molecular complexity index is 337. The molecule has 0 aliphatic rings. The molecule has 1 unspecified atom stereocenters. The van der Waals surface area contributed by atoms with Crippen molar-refractivity contribution in [1.29, 1.82) is 0 Å². The van der Waals surface area contributed by atoms with Gasteiger partial charge in [-0.1, -0.05) is 6.92 Å². The van der Waals surface area contributed by atoms with E-state index in [1.165, 1.54) is 0 Å². The number of amides is 1.